The van der Waals surface area contributed by atoms with Gasteiger partial charge >= 0.3 is 0 Å². The highest BCUT2D eigenvalue weighted by Gasteiger charge is 2.16. The molecule has 0 unspecified atom stereocenters. The average Bonchev–Trinajstić information content (AvgIpc) is 2.42. The predicted octanol–water partition coefficient (Wildman–Crippen LogP) is 2.73. The molecule has 0 aliphatic heterocycles. The number of hydrogen-bond acceptors (Lipinski definition) is 3. The van der Waals surface area contributed by atoms with Crippen molar-refractivity contribution in [2.24, 2.45) is 0 Å². The second kappa shape index (κ2) is 7.05. The third-order valence-electron chi connectivity index (χ3n) is 3.26. The van der Waals surface area contributed by atoms with Crippen LogP contribution < -0.4 is 10.6 Å². The molecule has 0 atom stereocenters. The summed E-state index contributed by atoms with van der Waals surface area (Å²) in [7, 11) is 1.89. The highest BCUT2D eigenvalue weighted by Crippen LogP contribution is 2.12. The summed E-state index contributed by atoms with van der Waals surface area (Å²) in [6.07, 6.45) is 0. The summed E-state index contributed by atoms with van der Waals surface area (Å²) < 4.78 is 5.71. The molecule has 0 bridgehead atoms. The van der Waals surface area contributed by atoms with E-state index in [1.54, 1.807) is 0 Å². The number of rotatable bonds is 6. The molecule has 1 aromatic carbocycles. The van der Waals surface area contributed by atoms with Crippen LogP contribution in [-0.2, 0) is 11.3 Å². The normalized spacial score (nSPS) is 12.3. The van der Waals surface area contributed by atoms with Crippen molar-refractivity contribution < 1.29 is 9.53 Å². The van der Waals surface area contributed by atoms with Gasteiger partial charge in [-0.15, -0.1) is 0 Å². The lowest BCUT2D eigenvalue weighted by Gasteiger charge is -2.24. The molecule has 0 spiro atoms. The molecule has 0 aromatic heterocycles. The molecule has 2 N–H and O–H groups in total. The highest BCUT2D eigenvalue weighted by atomic mass is 16.5. The molecule has 0 aliphatic carbocycles. The zero-order valence-electron chi connectivity index (χ0n) is 14.0. The molecule has 118 valence electrons. The van der Waals surface area contributed by atoms with Gasteiger partial charge in [0.25, 0.3) is 5.91 Å². The van der Waals surface area contributed by atoms with E-state index >= 15 is 0 Å². The monoisotopic (exact) mass is 292 g/mol. The van der Waals surface area contributed by atoms with Crippen LogP contribution in [0, 0.1) is 0 Å². The van der Waals surface area contributed by atoms with Gasteiger partial charge in [-0.3, -0.25) is 4.79 Å². The maximum absolute atomic E-state index is 12.1. The van der Waals surface area contributed by atoms with Crippen LogP contribution in [0.15, 0.2) is 24.3 Å². The van der Waals surface area contributed by atoms with Crippen LogP contribution in [0.2, 0.25) is 0 Å². The van der Waals surface area contributed by atoms with Gasteiger partial charge in [0, 0.05) is 17.6 Å². The Morgan fingerprint density at radius 1 is 1.10 bits per heavy atom. The zero-order chi connectivity index (χ0) is 16.1. The summed E-state index contributed by atoms with van der Waals surface area (Å²) in [6.45, 7) is 11.3. The first-order valence-electron chi connectivity index (χ1n) is 7.33. The second-order valence-corrected chi connectivity index (χ2v) is 6.91. The molecule has 0 saturated carbocycles. The molecule has 21 heavy (non-hydrogen) atoms. The van der Waals surface area contributed by atoms with E-state index in [9.17, 15) is 4.79 Å². The van der Waals surface area contributed by atoms with Crippen molar-refractivity contribution in [2.75, 3.05) is 13.6 Å². The quantitative estimate of drug-likeness (QED) is 0.847. The summed E-state index contributed by atoms with van der Waals surface area (Å²) in [5, 5.41) is 6.09. The van der Waals surface area contributed by atoms with Crippen LogP contribution in [0.4, 0.5) is 0 Å². The Bertz CT molecular complexity index is 459. The van der Waals surface area contributed by atoms with E-state index in [0.717, 1.165) is 5.56 Å². The topological polar surface area (TPSA) is 50.4 Å². The van der Waals surface area contributed by atoms with Crippen LogP contribution in [0.1, 0.15) is 50.5 Å². The van der Waals surface area contributed by atoms with E-state index in [1.807, 2.05) is 65.9 Å². The number of ether oxygens (including phenoxy) is 1. The van der Waals surface area contributed by atoms with E-state index < -0.39 is 0 Å². The number of amides is 1. The van der Waals surface area contributed by atoms with E-state index in [0.29, 0.717) is 18.7 Å². The summed E-state index contributed by atoms with van der Waals surface area (Å²) in [5.74, 6) is -0.0541. The molecule has 0 saturated heterocycles. The Hall–Kier alpha value is -1.39. The van der Waals surface area contributed by atoms with Crippen LogP contribution in [0.25, 0.3) is 0 Å². The lowest BCUT2D eigenvalue weighted by molar-refractivity contribution is -0.0149. The lowest BCUT2D eigenvalue weighted by atomic mass is 10.1. The number of carbonyl (C=O) groups excluding carboxylic acids is 1. The van der Waals surface area contributed by atoms with Crippen molar-refractivity contribution in [3.05, 3.63) is 35.4 Å². The summed E-state index contributed by atoms with van der Waals surface area (Å²) >= 11 is 0. The van der Waals surface area contributed by atoms with Crippen molar-refractivity contribution in [1.82, 2.24) is 10.6 Å². The van der Waals surface area contributed by atoms with Gasteiger partial charge in [0.05, 0.1) is 12.2 Å². The van der Waals surface area contributed by atoms with Gasteiger partial charge in [-0.2, -0.15) is 0 Å². The highest BCUT2D eigenvalue weighted by molar-refractivity contribution is 5.94. The standard InChI is InChI=1S/C17H28N2O2/c1-16(2,3)21-11-13-7-9-14(10-8-13)15(20)19-12-17(4,5)18-6/h7-10,18H,11-12H2,1-6H3,(H,19,20). The molecule has 4 nitrogen and oxygen atoms in total. The number of nitrogens with one attached hydrogen (secondary N) is 2. The van der Waals surface area contributed by atoms with Gasteiger partial charge in [-0.1, -0.05) is 12.1 Å². The minimum absolute atomic E-state index is 0.0541. The van der Waals surface area contributed by atoms with Crippen molar-refractivity contribution in [1.29, 1.82) is 0 Å². The van der Waals surface area contributed by atoms with E-state index in [2.05, 4.69) is 10.6 Å². The summed E-state index contributed by atoms with van der Waals surface area (Å²) in [4.78, 5) is 12.1. The van der Waals surface area contributed by atoms with Crippen LogP contribution in [0.5, 0.6) is 0 Å². The Labute approximate surface area is 128 Å². The number of likely N-dealkylation sites (N-methyl/N-ethyl adjacent to an activating group) is 1. The fraction of sp³-hybridized carbons (Fsp3) is 0.588. The van der Waals surface area contributed by atoms with Gasteiger partial charge in [-0.05, 0) is 59.4 Å². The molecule has 1 rings (SSSR count). The third kappa shape index (κ3) is 6.74. The third-order valence-corrected chi connectivity index (χ3v) is 3.26. The molecule has 1 aromatic rings. The first-order valence-corrected chi connectivity index (χ1v) is 7.33. The van der Waals surface area contributed by atoms with Gasteiger partial charge in [0.2, 0.25) is 0 Å². The number of carbonyl (C=O) groups is 1. The Balaban J connectivity index is 2.55. The van der Waals surface area contributed by atoms with Crippen molar-refractivity contribution >= 4 is 5.91 Å². The Morgan fingerprint density at radius 2 is 1.67 bits per heavy atom. The zero-order valence-corrected chi connectivity index (χ0v) is 14.0. The molecule has 0 aliphatic rings. The van der Waals surface area contributed by atoms with E-state index in [-0.39, 0.29) is 17.0 Å². The molecule has 1 amide bonds. The van der Waals surface area contributed by atoms with Crippen molar-refractivity contribution in [2.45, 2.75) is 52.4 Å². The first kappa shape index (κ1) is 17.7. The van der Waals surface area contributed by atoms with Gasteiger partial charge in [0.15, 0.2) is 0 Å². The van der Waals surface area contributed by atoms with Crippen LogP contribution in [-0.4, -0.2) is 30.6 Å². The van der Waals surface area contributed by atoms with Crippen molar-refractivity contribution in [3.63, 3.8) is 0 Å². The van der Waals surface area contributed by atoms with E-state index in [1.165, 1.54) is 0 Å². The van der Waals surface area contributed by atoms with Crippen LogP contribution in [0.3, 0.4) is 0 Å². The molecular formula is C17H28N2O2. The Morgan fingerprint density at radius 3 is 2.14 bits per heavy atom. The Kier molecular flexibility index (Phi) is 5.93. The van der Waals surface area contributed by atoms with Gasteiger partial charge in [0.1, 0.15) is 0 Å². The predicted molar refractivity (Wildman–Crippen MR) is 86.5 cm³/mol. The minimum Gasteiger partial charge on any atom is -0.371 e. The fourth-order valence-electron chi connectivity index (χ4n) is 1.54. The number of benzene rings is 1. The van der Waals surface area contributed by atoms with Gasteiger partial charge < -0.3 is 15.4 Å². The molecule has 4 heteroatoms. The fourth-order valence-corrected chi connectivity index (χ4v) is 1.54. The lowest BCUT2D eigenvalue weighted by Crippen LogP contribution is -2.47. The van der Waals surface area contributed by atoms with Crippen LogP contribution >= 0.6 is 0 Å². The summed E-state index contributed by atoms with van der Waals surface area (Å²) in [6, 6.07) is 7.54. The second-order valence-electron chi connectivity index (χ2n) is 6.91. The minimum atomic E-state index is -0.158. The maximum Gasteiger partial charge on any atom is 0.251 e. The molecule has 0 fully saturated rings. The van der Waals surface area contributed by atoms with Crippen molar-refractivity contribution in [3.8, 4) is 0 Å². The van der Waals surface area contributed by atoms with Gasteiger partial charge in [-0.25, -0.2) is 0 Å². The largest absolute Gasteiger partial charge is 0.371 e. The molecule has 0 radical (unpaired) electrons. The average molecular weight is 292 g/mol. The maximum atomic E-state index is 12.1. The van der Waals surface area contributed by atoms with E-state index in [4.69, 9.17) is 4.74 Å². The molecule has 0 heterocycles. The number of hydrogen-bond donors (Lipinski definition) is 2. The summed E-state index contributed by atoms with van der Waals surface area (Å²) in [5.41, 5.74) is 1.46. The SMILES string of the molecule is CNC(C)(C)CNC(=O)c1ccc(COC(C)(C)C)cc1. The first-order chi connectivity index (χ1) is 9.63. The smallest absolute Gasteiger partial charge is 0.251 e. The molecular weight excluding hydrogens is 264 g/mol.